The molecule has 234 valence electrons. The number of rotatable bonds is 15. The molecular weight excluding hydrogens is 571 g/mol. The van der Waals surface area contributed by atoms with E-state index in [0.717, 1.165) is 90.0 Å². The van der Waals surface area contributed by atoms with Gasteiger partial charge >= 0.3 is 0 Å². The van der Waals surface area contributed by atoms with Crippen LogP contribution in [0.15, 0.2) is 84.9 Å². The zero-order chi connectivity index (χ0) is 28.3. The van der Waals surface area contributed by atoms with Gasteiger partial charge in [0.1, 0.15) is 17.6 Å². The SMILES string of the molecule is CCCCOc1ccc(OCCCN2CCOCC2)cc1.CN(C)CCOC(c1ccccc1)c1ccccc1.Cl.Cl. The molecule has 0 atom stereocenters. The number of nitrogens with zero attached hydrogens (tertiary/aromatic N) is 2. The molecule has 0 amide bonds. The first-order valence-corrected chi connectivity index (χ1v) is 14.7. The van der Waals surface area contributed by atoms with Gasteiger partial charge in [0.25, 0.3) is 0 Å². The van der Waals surface area contributed by atoms with E-state index in [4.69, 9.17) is 18.9 Å². The molecule has 3 aromatic rings. The van der Waals surface area contributed by atoms with Gasteiger partial charge in [-0.1, -0.05) is 74.0 Å². The van der Waals surface area contributed by atoms with Gasteiger partial charge in [0.2, 0.25) is 0 Å². The minimum absolute atomic E-state index is 0. The van der Waals surface area contributed by atoms with Crippen molar-refractivity contribution in [1.82, 2.24) is 9.80 Å². The Bertz CT molecular complexity index is 981. The molecule has 0 radical (unpaired) electrons. The first-order valence-electron chi connectivity index (χ1n) is 14.7. The summed E-state index contributed by atoms with van der Waals surface area (Å²) >= 11 is 0. The van der Waals surface area contributed by atoms with E-state index in [9.17, 15) is 0 Å². The molecule has 0 spiro atoms. The smallest absolute Gasteiger partial charge is 0.119 e. The Labute approximate surface area is 266 Å². The molecule has 8 heteroatoms. The van der Waals surface area contributed by atoms with Gasteiger partial charge in [0.15, 0.2) is 0 Å². The molecule has 0 N–H and O–H groups in total. The molecule has 1 heterocycles. The fourth-order valence-corrected chi connectivity index (χ4v) is 4.26. The summed E-state index contributed by atoms with van der Waals surface area (Å²) in [4.78, 5) is 4.56. The minimum Gasteiger partial charge on any atom is -0.494 e. The Morgan fingerprint density at radius 1 is 0.714 bits per heavy atom. The van der Waals surface area contributed by atoms with Crippen molar-refractivity contribution in [3.05, 3.63) is 96.1 Å². The summed E-state index contributed by atoms with van der Waals surface area (Å²) in [5.74, 6) is 1.84. The highest BCUT2D eigenvalue weighted by atomic mass is 35.5. The number of halogens is 2. The van der Waals surface area contributed by atoms with Crippen LogP contribution in [0, 0.1) is 0 Å². The van der Waals surface area contributed by atoms with Gasteiger partial charge in [-0.05, 0) is 62.3 Å². The number of benzene rings is 3. The highest BCUT2D eigenvalue weighted by molar-refractivity contribution is 5.85. The number of unbranched alkanes of at least 4 members (excludes halogenated alkanes) is 1. The second-order valence-electron chi connectivity index (χ2n) is 10.2. The Kier molecular flexibility index (Phi) is 20.8. The maximum absolute atomic E-state index is 6.08. The predicted molar refractivity (Wildman–Crippen MR) is 178 cm³/mol. The van der Waals surface area contributed by atoms with E-state index in [1.807, 2.05) is 36.4 Å². The van der Waals surface area contributed by atoms with Gasteiger partial charge in [-0.15, -0.1) is 24.8 Å². The lowest BCUT2D eigenvalue weighted by Crippen LogP contribution is -2.37. The molecule has 1 aliphatic heterocycles. The normalized spacial score (nSPS) is 13.0. The Morgan fingerprint density at radius 3 is 1.69 bits per heavy atom. The van der Waals surface area contributed by atoms with Crippen molar-refractivity contribution in [2.24, 2.45) is 0 Å². The Hall–Kier alpha value is -2.32. The molecule has 0 aliphatic carbocycles. The number of hydrogen-bond acceptors (Lipinski definition) is 6. The largest absolute Gasteiger partial charge is 0.494 e. The van der Waals surface area contributed by atoms with Crippen molar-refractivity contribution < 1.29 is 18.9 Å². The summed E-state index contributed by atoms with van der Waals surface area (Å²) in [6, 6.07) is 28.7. The zero-order valence-electron chi connectivity index (χ0n) is 25.5. The highest BCUT2D eigenvalue weighted by Crippen LogP contribution is 2.25. The fraction of sp³-hybridized carbons (Fsp3) is 0.471. The summed E-state index contributed by atoms with van der Waals surface area (Å²) in [6.07, 6.45) is 3.32. The summed E-state index contributed by atoms with van der Waals surface area (Å²) in [5, 5.41) is 0. The van der Waals surface area contributed by atoms with Gasteiger partial charge in [0.05, 0.1) is 33.0 Å². The minimum atomic E-state index is 0. The average Bonchev–Trinajstić information content (AvgIpc) is 3.00. The van der Waals surface area contributed by atoms with E-state index < -0.39 is 0 Å². The van der Waals surface area contributed by atoms with Crippen LogP contribution in [0.2, 0.25) is 0 Å². The lowest BCUT2D eigenvalue weighted by atomic mass is 10.0. The molecule has 0 unspecified atom stereocenters. The molecular formula is C34H50Cl2N2O4. The van der Waals surface area contributed by atoms with E-state index in [1.165, 1.54) is 11.1 Å². The summed E-state index contributed by atoms with van der Waals surface area (Å²) in [6.45, 7) is 10.3. The second-order valence-corrected chi connectivity index (χ2v) is 10.2. The standard InChI is InChI=1S/C17H27NO3.C17H21NO.2ClH/c1-2-3-12-20-16-5-7-17(8-6-16)21-13-4-9-18-10-14-19-15-11-18;1-18(2)13-14-19-17(15-9-5-3-6-10-15)16-11-7-4-8-12-16;;/h5-8H,2-4,9-15H2,1H3;3-12,17H,13-14H2,1-2H3;2*1H. The number of hydrogen-bond donors (Lipinski definition) is 0. The summed E-state index contributed by atoms with van der Waals surface area (Å²) in [7, 11) is 4.12. The molecule has 42 heavy (non-hydrogen) atoms. The van der Waals surface area contributed by atoms with E-state index in [-0.39, 0.29) is 30.9 Å². The molecule has 1 saturated heterocycles. The van der Waals surface area contributed by atoms with E-state index in [1.54, 1.807) is 0 Å². The second kappa shape index (κ2) is 23.2. The third kappa shape index (κ3) is 15.2. The van der Waals surface area contributed by atoms with E-state index in [2.05, 4.69) is 79.3 Å². The van der Waals surface area contributed by atoms with Crippen LogP contribution in [-0.2, 0) is 9.47 Å². The lowest BCUT2D eigenvalue weighted by molar-refractivity contribution is 0.0358. The van der Waals surface area contributed by atoms with E-state index in [0.29, 0.717) is 0 Å². The van der Waals surface area contributed by atoms with Crippen LogP contribution in [0.4, 0.5) is 0 Å². The van der Waals surface area contributed by atoms with Crippen molar-refractivity contribution in [1.29, 1.82) is 0 Å². The highest BCUT2D eigenvalue weighted by Gasteiger charge is 2.14. The molecule has 6 nitrogen and oxygen atoms in total. The van der Waals surface area contributed by atoms with Gasteiger partial charge < -0.3 is 23.8 Å². The van der Waals surface area contributed by atoms with Crippen LogP contribution in [0.1, 0.15) is 43.4 Å². The molecule has 1 fully saturated rings. The van der Waals surface area contributed by atoms with Crippen molar-refractivity contribution in [2.75, 3.05) is 73.3 Å². The van der Waals surface area contributed by atoms with Crippen LogP contribution in [0.25, 0.3) is 0 Å². The molecule has 4 rings (SSSR count). The van der Waals surface area contributed by atoms with Crippen LogP contribution in [0.5, 0.6) is 11.5 Å². The number of likely N-dealkylation sites (N-methyl/N-ethyl adjacent to an activating group) is 1. The first kappa shape index (κ1) is 37.7. The van der Waals surface area contributed by atoms with Gasteiger partial charge in [-0.3, -0.25) is 4.90 Å². The monoisotopic (exact) mass is 620 g/mol. The quantitative estimate of drug-likeness (QED) is 0.168. The molecule has 0 aromatic heterocycles. The first-order chi connectivity index (χ1) is 19.7. The van der Waals surface area contributed by atoms with Crippen molar-refractivity contribution in [3.8, 4) is 11.5 Å². The molecule has 3 aromatic carbocycles. The maximum Gasteiger partial charge on any atom is 0.119 e. The maximum atomic E-state index is 6.08. The predicted octanol–water partition coefficient (Wildman–Crippen LogP) is 7.16. The number of ether oxygens (including phenoxy) is 4. The topological polar surface area (TPSA) is 43.4 Å². The van der Waals surface area contributed by atoms with Gasteiger partial charge in [-0.25, -0.2) is 0 Å². The van der Waals surface area contributed by atoms with Gasteiger partial charge in [0, 0.05) is 26.2 Å². The third-order valence-corrected chi connectivity index (χ3v) is 6.61. The van der Waals surface area contributed by atoms with E-state index >= 15 is 0 Å². The summed E-state index contributed by atoms with van der Waals surface area (Å²) in [5.41, 5.74) is 2.40. The zero-order valence-corrected chi connectivity index (χ0v) is 27.1. The molecule has 0 saturated carbocycles. The molecule has 1 aliphatic rings. The van der Waals surface area contributed by atoms with Crippen LogP contribution < -0.4 is 9.47 Å². The van der Waals surface area contributed by atoms with Crippen molar-refractivity contribution in [2.45, 2.75) is 32.3 Å². The third-order valence-electron chi connectivity index (χ3n) is 6.61. The number of morpholine rings is 1. The fourth-order valence-electron chi connectivity index (χ4n) is 4.26. The van der Waals surface area contributed by atoms with Crippen molar-refractivity contribution in [3.63, 3.8) is 0 Å². The molecule has 0 bridgehead atoms. The van der Waals surface area contributed by atoms with Crippen LogP contribution in [0.3, 0.4) is 0 Å². The van der Waals surface area contributed by atoms with Crippen molar-refractivity contribution >= 4 is 24.8 Å². The van der Waals surface area contributed by atoms with Crippen LogP contribution >= 0.6 is 24.8 Å². The average molecular weight is 622 g/mol. The van der Waals surface area contributed by atoms with Crippen LogP contribution in [-0.4, -0.2) is 83.1 Å². The van der Waals surface area contributed by atoms with Gasteiger partial charge in [-0.2, -0.15) is 0 Å². The Balaban J connectivity index is 0.000000403. The summed E-state index contributed by atoms with van der Waals surface area (Å²) < 4.78 is 22.8. The Morgan fingerprint density at radius 2 is 1.21 bits per heavy atom. The lowest BCUT2D eigenvalue weighted by Gasteiger charge is -2.26.